The number of fused-ring (bicyclic) bond motifs is 1. The zero-order chi connectivity index (χ0) is 15.4. The number of rotatable bonds is 3. The molecule has 0 aliphatic carbocycles. The van der Waals surface area contributed by atoms with E-state index in [1.165, 1.54) is 0 Å². The Balaban J connectivity index is 1.86. The standard InChI is InChI=1S/C18H15N3O/c1-13(20-21-18(22)17-11-4-5-12-19-17)15-10-6-8-14-7-2-3-9-16(14)15/h2-12H,1H3,(H,21,22)/b20-13-. The summed E-state index contributed by atoms with van der Waals surface area (Å²) >= 11 is 0. The van der Waals surface area contributed by atoms with Crippen molar-refractivity contribution < 1.29 is 4.79 Å². The second-order valence-corrected chi connectivity index (χ2v) is 4.88. The smallest absolute Gasteiger partial charge is 0.266 e. The van der Waals surface area contributed by atoms with E-state index in [0.29, 0.717) is 5.69 Å². The Kier molecular flexibility index (Phi) is 3.92. The first-order chi connectivity index (χ1) is 10.8. The fourth-order valence-electron chi connectivity index (χ4n) is 2.29. The number of nitrogens with one attached hydrogen (secondary N) is 1. The van der Waals surface area contributed by atoms with Crippen LogP contribution in [0.3, 0.4) is 0 Å². The summed E-state index contributed by atoms with van der Waals surface area (Å²) in [7, 11) is 0. The van der Waals surface area contributed by atoms with E-state index in [9.17, 15) is 4.79 Å². The lowest BCUT2D eigenvalue weighted by Crippen LogP contribution is -2.20. The summed E-state index contributed by atoms with van der Waals surface area (Å²) in [5.74, 6) is -0.319. The summed E-state index contributed by atoms with van der Waals surface area (Å²) in [6, 6.07) is 19.3. The molecule has 0 bridgehead atoms. The Morgan fingerprint density at radius 2 is 1.77 bits per heavy atom. The van der Waals surface area contributed by atoms with Gasteiger partial charge in [-0.05, 0) is 29.8 Å². The molecule has 1 heterocycles. The molecule has 0 saturated carbocycles. The Labute approximate surface area is 128 Å². The molecule has 0 atom stereocenters. The van der Waals surface area contributed by atoms with Gasteiger partial charge in [-0.1, -0.05) is 48.5 Å². The zero-order valence-corrected chi connectivity index (χ0v) is 12.2. The van der Waals surface area contributed by atoms with E-state index >= 15 is 0 Å². The van der Waals surface area contributed by atoms with Crippen molar-refractivity contribution in [3.05, 3.63) is 78.1 Å². The average Bonchev–Trinajstić information content (AvgIpc) is 2.59. The maximum absolute atomic E-state index is 12.0. The van der Waals surface area contributed by atoms with Gasteiger partial charge >= 0.3 is 0 Å². The van der Waals surface area contributed by atoms with Gasteiger partial charge < -0.3 is 0 Å². The molecule has 0 aliphatic heterocycles. The molecule has 0 unspecified atom stereocenters. The minimum Gasteiger partial charge on any atom is -0.266 e. The van der Waals surface area contributed by atoms with E-state index in [1.54, 1.807) is 24.4 Å². The summed E-state index contributed by atoms with van der Waals surface area (Å²) in [6.07, 6.45) is 1.58. The van der Waals surface area contributed by atoms with Gasteiger partial charge in [-0.3, -0.25) is 9.78 Å². The minimum atomic E-state index is -0.319. The quantitative estimate of drug-likeness (QED) is 0.593. The first-order valence-corrected chi connectivity index (χ1v) is 6.99. The number of nitrogens with zero attached hydrogens (tertiary/aromatic N) is 2. The first kappa shape index (κ1) is 13.9. The van der Waals surface area contributed by atoms with Gasteiger partial charge in [-0.2, -0.15) is 5.10 Å². The maximum atomic E-state index is 12.0. The monoisotopic (exact) mass is 289 g/mol. The normalized spacial score (nSPS) is 11.4. The summed E-state index contributed by atoms with van der Waals surface area (Å²) < 4.78 is 0. The highest BCUT2D eigenvalue weighted by Crippen LogP contribution is 2.19. The second-order valence-electron chi connectivity index (χ2n) is 4.88. The molecule has 1 N–H and O–H groups in total. The molecule has 4 nitrogen and oxygen atoms in total. The number of hydrogen-bond acceptors (Lipinski definition) is 3. The molecule has 1 aromatic heterocycles. The van der Waals surface area contributed by atoms with Crippen LogP contribution in [0.4, 0.5) is 0 Å². The van der Waals surface area contributed by atoms with Gasteiger partial charge in [0, 0.05) is 11.8 Å². The fraction of sp³-hybridized carbons (Fsp3) is 0.0556. The molecule has 0 radical (unpaired) electrons. The Hall–Kier alpha value is -3.01. The van der Waals surface area contributed by atoms with Gasteiger partial charge in [0.15, 0.2) is 0 Å². The Morgan fingerprint density at radius 3 is 2.59 bits per heavy atom. The number of benzene rings is 2. The molecule has 108 valence electrons. The van der Waals surface area contributed by atoms with E-state index in [0.717, 1.165) is 22.0 Å². The molecule has 2 aromatic carbocycles. The van der Waals surface area contributed by atoms with Crippen LogP contribution in [0.5, 0.6) is 0 Å². The predicted molar refractivity (Wildman–Crippen MR) is 87.9 cm³/mol. The van der Waals surface area contributed by atoms with Crippen LogP contribution in [0.1, 0.15) is 23.0 Å². The second kappa shape index (κ2) is 6.18. The molecule has 0 spiro atoms. The third-order valence-electron chi connectivity index (χ3n) is 3.40. The number of hydrogen-bond donors (Lipinski definition) is 1. The van der Waals surface area contributed by atoms with Crippen LogP contribution in [-0.2, 0) is 0 Å². The number of amides is 1. The molecule has 3 rings (SSSR count). The average molecular weight is 289 g/mol. The summed E-state index contributed by atoms with van der Waals surface area (Å²) in [5.41, 5.74) is 4.64. The van der Waals surface area contributed by atoms with Crippen LogP contribution < -0.4 is 5.43 Å². The number of carbonyl (C=O) groups is 1. The molecule has 0 aliphatic rings. The number of carbonyl (C=O) groups excluding carboxylic acids is 1. The lowest BCUT2D eigenvalue weighted by atomic mass is 10.0. The van der Waals surface area contributed by atoms with Gasteiger partial charge in [0.25, 0.3) is 5.91 Å². The van der Waals surface area contributed by atoms with Crippen molar-refractivity contribution in [1.82, 2.24) is 10.4 Å². The van der Waals surface area contributed by atoms with E-state index in [-0.39, 0.29) is 5.91 Å². The summed E-state index contributed by atoms with van der Waals surface area (Å²) in [5, 5.41) is 6.45. The maximum Gasteiger partial charge on any atom is 0.289 e. The number of pyridine rings is 1. The highest BCUT2D eigenvalue weighted by atomic mass is 16.2. The molecule has 22 heavy (non-hydrogen) atoms. The van der Waals surface area contributed by atoms with Crippen molar-refractivity contribution >= 4 is 22.4 Å². The van der Waals surface area contributed by atoms with Crippen LogP contribution in [0.2, 0.25) is 0 Å². The highest BCUT2D eigenvalue weighted by molar-refractivity contribution is 6.10. The van der Waals surface area contributed by atoms with Crippen molar-refractivity contribution in [1.29, 1.82) is 0 Å². The van der Waals surface area contributed by atoms with Crippen LogP contribution >= 0.6 is 0 Å². The molecular weight excluding hydrogens is 274 g/mol. The number of hydrazone groups is 1. The predicted octanol–water partition coefficient (Wildman–Crippen LogP) is 3.39. The van der Waals surface area contributed by atoms with Gasteiger partial charge in [-0.25, -0.2) is 5.43 Å². The van der Waals surface area contributed by atoms with E-state index in [2.05, 4.69) is 27.6 Å². The first-order valence-electron chi connectivity index (χ1n) is 6.99. The van der Waals surface area contributed by atoms with Crippen LogP contribution in [0.15, 0.2) is 72.0 Å². The van der Waals surface area contributed by atoms with Crippen molar-refractivity contribution in [3.8, 4) is 0 Å². The molecule has 4 heteroatoms. The largest absolute Gasteiger partial charge is 0.289 e. The molecule has 0 saturated heterocycles. The van der Waals surface area contributed by atoms with Gasteiger partial charge in [-0.15, -0.1) is 0 Å². The fourth-order valence-corrected chi connectivity index (χ4v) is 2.29. The Bertz CT molecular complexity index is 836. The molecule has 1 amide bonds. The van der Waals surface area contributed by atoms with Crippen LogP contribution in [0.25, 0.3) is 10.8 Å². The third-order valence-corrected chi connectivity index (χ3v) is 3.40. The van der Waals surface area contributed by atoms with Gasteiger partial charge in [0.2, 0.25) is 0 Å². The van der Waals surface area contributed by atoms with Gasteiger partial charge in [0.05, 0.1) is 5.71 Å². The lowest BCUT2D eigenvalue weighted by molar-refractivity contribution is 0.0950. The Morgan fingerprint density at radius 1 is 1.00 bits per heavy atom. The van der Waals surface area contributed by atoms with E-state index in [4.69, 9.17) is 0 Å². The lowest BCUT2D eigenvalue weighted by Gasteiger charge is -2.06. The van der Waals surface area contributed by atoms with Crippen molar-refractivity contribution in [3.63, 3.8) is 0 Å². The summed E-state index contributed by atoms with van der Waals surface area (Å²) in [6.45, 7) is 1.88. The SMILES string of the molecule is C/C(=N/NC(=O)c1ccccn1)c1cccc2ccccc12. The van der Waals surface area contributed by atoms with Crippen LogP contribution in [0, 0.1) is 0 Å². The highest BCUT2D eigenvalue weighted by Gasteiger charge is 2.07. The molecule has 0 fully saturated rings. The molecular formula is C18H15N3O. The van der Waals surface area contributed by atoms with Crippen molar-refractivity contribution in [2.24, 2.45) is 5.10 Å². The van der Waals surface area contributed by atoms with Gasteiger partial charge in [0.1, 0.15) is 5.69 Å². The summed E-state index contributed by atoms with van der Waals surface area (Å²) in [4.78, 5) is 16.0. The number of aromatic nitrogens is 1. The van der Waals surface area contributed by atoms with E-state index < -0.39 is 0 Å². The molecule has 3 aromatic rings. The van der Waals surface area contributed by atoms with Crippen LogP contribution in [-0.4, -0.2) is 16.6 Å². The van der Waals surface area contributed by atoms with Crippen molar-refractivity contribution in [2.75, 3.05) is 0 Å². The van der Waals surface area contributed by atoms with Crippen molar-refractivity contribution in [2.45, 2.75) is 6.92 Å². The topological polar surface area (TPSA) is 54.4 Å². The minimum absolute atomic E-state index is 0.319. The zero-order valence-electron chi connectivity index (χ0n) is 12.2. The third kappa shape index (κ3) is 2.86. The van der Waals surface area contributed by atoms with E-state index in [1.807, 2.05) is 37.3 Å².